The summed E-state index contributed by atoms with van der Waals surface area (Å²) in [4.78, 5) is 5.27. The Labute approximate surface area is 157 Å². The molecule has 4 rings (SSSR count). The van der Waals surface area contributed by atoms with Crippen LogP contribution in [0.4, 0.5) is 0 Å². The standard InChI is InChI=1S/C16H13N5O2S3/c1-10-17-13(8-24-10)14-5-6-15(25-14)26(22,23)9-11-3-2-4-12(7-11)16-18-20-21-19-16/h2-8H,9H2,1H3,(H,18,19,20,21). The third-order valence-corrected chi connectivity index (χ3v) is 7.80. The Morgan fingerprint density at radius 3 is 2.81 bits per heavy atom. The molecule has 0 bridgehead atoms. The van der Waals surface area contributed by atoms with E-state index in [1.54, 1.807) is 35.6 Å². The number of thiazole rings is 1. The van der Waals surface area contributed by atoms with Crippen molar-refractivity contribution >= 4 is 32.5 Å². The number of rotatable bonds is 5. The maximum Gasteiger partial charge on any atom is 0.204 e. The molecule has 1 N–H and O–H groups in total. The smallest absolute Gasteiger partial charge is 0.204 e. The number of nitrogens with zero attached hydrogens (tertiary/aromatic N) is 4. The molecule has 7 nitrogen and oxygen atoms in total. The van der Waals surface area contributed by atoms with Gasteiger partial charge in [-0.15, -0.1) is 32.9 Å². The van der Waals surface area contributed by atoms with E-state index in [9.17, 15) is 8.42 Å². The summed E-state index contributed by atoms with van der Waals surface area (Å²) in [5, 5.41) is 16.6. The number of nitrogens with one attached hydrogen (secondary N) is 1. The summed E-state index contributed by atoms with van der Waals surface area (Å²) < 4.78 is 25.9. The van der Waals surface area contributed by atoms with Crippen molar-refractivity contribution in [2.75, 3.05) is 0 Å². The lowest BCUT2D eigenvalue weighted by molar-refractivity contribution is 0.597. The second-order valence-electron chi connectivity index (χ2n) is 5.57. The number of benzene rings is 1. The summed E-state index contributed by atoms with van der Waals surface area (Å²) in [6.45, 7) is 1.93. The first kappa shape index (κ1) is 17.0. The number of hydrogen-bond acceptors (Lipinski definition) is 8. The highest BCUT2D eigenvalue weighted by atomic mass is 32.2. The zero-order valence-corrected chi connectivity index (χ0v) is 16.0. The van der Waals surface area contributed by atoms with Crippen LogP contribution in [0.2, 0.25) is 0 Å². The second-order valence-corrected chi connectivity index (χ2v) is 9.93. The van der Waals surface area contributed by atoms with E-state index in [1.165, 1.54) is 11.3 Å². The van der Waals surface area contributed by atoms with Crippen LogP contribution in [-0.2, 0) is 15.6 Å². The lowest BCUT2D eigenvalue weighted by atomic mass is 10.1. The molecule has 3 aromatic heterocycles. The molecule has 0 aliphatic rings. The summed E-state index contributed by atoms with van der Waals surface area (Å²) in [6, 6.07) is 10.6. The SMILES string of the molecule is Cc1nc(-c2ccc(S(=O)(=O)Cc3cccc(-c4nn[nH]n4)c3)s2)cs1. The zero-order chi connectivity index (χ0) is 18.1. The molecule has 26 heavy (non-hydrogen) atoms. The van der Waals surface area contributed by atoms with Gasteiger partial charge in [-0.25, -0.2) is 13.4 Å². The van der Waals surface area contributed by atoms with Crippen LogP contribution >= 0.6 is 22.7 Å². The van der Waals surface area contributed by atoms with Gasteiger partial charge in [0.1, 0.15) is 4.21 Å². The number of hydrogen-bond donors (Lipinski definition) is 1. The van der Waals surface area contributed by atoms with Crippen LogP contribution in [0.5, 0.6) is 0 Å². The van der Waals surface area contributed by atoms with Gasteiger partial charge in [-0.3, -0.25) is 0 Å². The molecule has 0 spiro atoms. The Balaban J connectivity index is 1.60. The van der Waals surface area contributed by atoms with E-state index in [1.807, 2.05) is 24.4 Å². The van der Waals surface area contributed by atoms with Gasteiger partial charge in [0.15, 0.2) is 9.84 Å². The lowest BCUT2D eigenvalue weighted by Crippen LogP contribution is -2.03. The Morgan fingerprint density at radius 1 is 1.19 bits per heavy atom. The number of H-pyrrole nitrogens is 1. The minimum Gasteiger partial charge on any atom is -0.241 e. The minimum atomic E-state index is -3.45. The molecule has 0 aliphatic heterocycles. The van der Waals surface area contributed by atoms with Crippen LogP contribution in [-0.4, -0.2) is 34.0 Å². The quantitative estimate of drug-likeness (QED) is 0.548. The molecule has 0 fully saturated rings. The number of tetrazole rings is 1. The van der Waals surface area contributed by atoms with Crippen LogP contribution in [0.1, 0.15) is 10.6 Å². The Bertz CT molecular complexity index is 1150. The largest absolute Gasteiger partial charge is 0.241 e. The van der Waals surface area contributed by atoms with Gasteiger partial charge in [0.2, 0.25) is 5.82 Å². The van der Waals surface area contributed by atoms with Gasteiger partial charge in [0.05, 0.1) is 21.3 Å². The fourth-order valence-corrected chi connectivity index (χ4v) is 5.85. The Hall–Kier alpha value is -2.43. The predicted molar refractivity (Wildman–Crippen MR) is 101 cm³/mol. The summed E-state index contributed by atoms with van der Waals surface area (Å²) in [5.41, 5.74) is 2.21. The molecule has 132 valence electrons. The van der Waals surface area contributed by atoms with Crippen molar-refractivity contribution in [3.63, 3.8) is 0 Å². The monoisotopic (exact) mass is 403 g/mol. The van der Waals surface area contributed by atoms with Gasteiger partial charge in [-0.05, 0) is 35.9 Å². The molecule has 10 heteroatoms. The number of sulfone groups is 1. The lowest BCUT2D eigenvalue weighted by Gasteiger charge is -2.04. The average Bonchev–Trinajstić information content (AvgIpc) is 3.36. The minimum absolute atomic E-state index is 0.0886. The third-order valence-electron chi connectivity index (χ3n) is 3.65. The van der Waals surface area contributed by atoms with Crippen LogP contribution in [0.3, 0.4) is 0 Å². The number of aromatic nitrogens is 5. The van der Waals surface area contributed by atoms with Gasteiger partial charge < -0.3 is 0 Å². The maximum atomic E-state index is 12.8. The van der Waals surface area contributed by atoms with Gasteiger partial charge in [-0.2, -0.15) is 5.21 Å². The average molecular weight is 404 g/mol. The number of aryl methyl sites for hydroxylation is 1. The summed E-state index contributed by atoms with van der Waals surface area (Å²) in [7, 11) is -3.45. The summed E-state index contributed by atoms with van der Waals surface area (Å²) in [5.74, 6) is 0.343. The first-order valence-corrected chi connectivity index (χ1v) is 10.9. The van der Waals surface area contributed by atoms with Crippen molar-refractivity contribution in [2.24, 2.45) is 0 Å². The molecule has 0 aliphatic carbocycles. The second kappa shape index (κ2) is 6.71. The van der Waals surface area contributed by atoms with E-state index >= 15 is 0 Å². The predicted octanol–water partition coefficient (Wildman–Crippen LogP) is 3.33. The van der Waals surface area contributed by atoms with Gasteiger partial charge >= 0.3 is 0 Å². The molecule has 0 atom stereocenters. The van der Waals surface area contributed by atoms with Crippen LogP contribution in [0.15, 0.2) is 46.0 Å². The van der Waals surface area contributed by atoms with Crippen molar-refractivity contribution in [3.05, 3.63) is 52.3 Å². The molecule has 3 heterocycles. The number of thiophene rings is 1. The molecule has 0 radical (unpaired) electrons. The van der Waals surface area contributed by atoms with Gasteiger partial charge in [0, 0.05) is 10.9 Å². The maximum absolute atomic E-state index is 12.8. The molecule has 0 saturated heterocycles. The van der Waals surface area contributed by atoms with E-state index in [2.05, 4.69) is 25.6 Å². The highest BCUT2D eigenvalue weighted by Crippen LogP contribution is 2.33. The molecule has 0 amide bonds. The normalized spacial score (nSPS) is 11.7. The molecular formula is C16H13N5O2S3. The zero-order valence-electron chi connectivity index (χ0n) is 13.6. The van der Waals surface area contributed by atoms with E-state index in [0.29, 0.717) is 15.6 Å². The first-order chi connectivity index (χ1) is 12.5. The third kappa shape index (κ3) is 3.43. The highest BCUT2D eigenvalue weighted by molar-refractivity contribution is 7.92. The van der Waals surface area contributed by atoms with E-state index in [-0.39, 0.29) is 5.75 Å². The van der Waals surface area contributed by atoms with Crippen molar-refractivity contribution in [2.45, 2.75) is 16.9 Å². The Kier molecular flexibility index (Phi) is 4.39. The highest BCUT2D eigenvalue weighted by Gasteiger charge is 2.19. The molecular weight excluding hydrogens is 390 g/mol. The van der Waals surface area contributed by atoms with Crippen molar-refractivity contribution in [1.29, 1.82) is 0 Å². The fourth-order valence-electron chi connectivity index (χ4n) is 2.48. The van der Waals surface area contributed by atoms with Crippen molar-refractivity contribution in [1.82, 2.24) is 25.6 Å². The van der Waals surface area contributed by atoms with Crippen molar-refractivity contribution in [3.8, 4) is 22.0 Å². The molecule has 0 saturated carbocycles. The van der Waals surface area contributed by atoms with Crippen LogP contribution < -0.4 is 0 Å². The Morgan fingerprint density at radius 2 is 2.08 bits per heavy atom. The fraction of sp³-hybridized carbons (Fsp3) is 0.125. The summed E-state index contributed by atoms with van der Waals surface area (Å²) >= 11 is 2.79. The summed E-state index contributed by atoms with van der Waals surface area (Å²) in [6.07, 6.45) is 0. The van der Waals surface area contributed by atoms with E-state index in [4.69, 9.17) is 0 Å². The topological polar surface area (TPSA) is 101 Å². The van der Waals surface area contributed by atoms with Crippen LogP contribution in [0, 0.1) is 6.92 Å². The number of aromatic amines is 1. The van der Waals surface area contributed by atoms with Gasteiger partial charge in [0.25, 0.3) is 0 Å². The van der Waals surface area contributed by atoms with Crippen LogP contribution in [0.25, 0.3) is 22.0 Å². The molecule has 4 aromatic rings. The first-order valence-electron chi connectivity index (χ1n) is 7.59. The van der Waals surface area contributed by atoms with E-state index in [0.717, 1.165) is 21.1 Å². The van der Waals surface area contributed by atoms with Crippen molar-refractivity contribution < 1.29 is 8.42 Å². The van der Waals surface area contributed by atoms with Gasteiger partial charge in [-0.1, -0.05) is 18.2 Å². The van der Waals surface area contributed by atoms with E-state index < -0.39 is 9.84 Å². The molecule has 0 unspecified atom stereocenters. The molecule has 1 aromatic carbocycles.